The van der Waals surface area contributed by atoms with E-state index in [1.54, 1.807) is 0 Å². The van der Waals surface area contributed by atoms with Crippen LogP contribution in [0.2, 0.25) is 0 Å². The van der Waals surface area contributed by atoms with Crippen molar-refractivity contribution in [1.29, 1.82) is 0 Å². The van der Waals surface area contributed by atoms with Crippen LogP contribution in [0.1, 0.15) is 44.5 Å². The van der Waals surface area contributed by atoms with Crippen LogP contribution < -0.4 is 5.32 Å². The van der Waals surface area contributed by atoms with Gasteiger partial charge in [0.25, 0.3) is 0 Å². The van der Waals surface area contributed by atoms with Gasteiger partial charge in [0.2, 0.25) is 0 Å². The van der Waals surface area contributed by atoms with E-state index in [2.05, 4.69) is 43.6 Å². The van der Waals surface area contributed by atoms with Gasteiger partial charge in [0.15, 0.2) is 0 Å². The van der Waals surface area contributed by atoms with Gasteiger partial charge in [0, 0.05) is 17.5 Å². The molecule has 0 bridgehead atoms. The summed E-state index contributed by atoms with van der Waals surface area (Å²) in [5, 5.41) is 5.66. The molecule has 1 heterocycles. The quantitative estimate of drug-likeness (QED) is 0.702. The van der Waals surface area contributed by atoms with Crippen LogP contribution in [0.15, 0.2) is 17.5 Å². The molecule has 0 spiro atoms. The van der Waals surface area contributed by atoms with Crippen molar-refractivity contribution in [1.82, 2.24) is 5.32 Å². The number of nitrogens with one attached hydrogen (secondary N) is 1. The molecule has 16 heavy (non-hydrogen) atoms. The minimum atomic E-state index is 0.359. The zero-order chi connectivity index (χ0) is 11.8. The van der Waals surface area contributed by atoms with E-state index in [0.717, 1.165) is 19.6 Å². The molecular formula is C13H23NOS. The highest BCUT2D eigenvalue weighted by atomic mass is 32.1. The second kappa shape index (κ2) is 7.82. The Morgan fingerprint density at radius 2 is 2.12 bits per heavy atom. The second-order valence-corrected chi connectivity index (χ2v) is 5.30. The maximum Gasteiger partial charge on any atom is 0.0518 e. The van der Waals surface area contributed by atoms with E-state index in [9.17, 15) is 0 Å². The summed E-state index contributed by atoms with van der Waals surface area (Å²) in [5.41, 5.74) is 0. The van der Waals surface area contributed by atoms with Crippen molar-refractivity contribution in [2.24, 2.45) is 0 Å². The molecule has 3 heteroatoms. The molecule has 0 fully saturated rings. The molecule has 0 aliphatic heterocycles. The molecule has 0 saturated heterocycles. The maximum atomic E-state index is 5.50. The zero-order valence-electron chi connectivity index (χ0n) is 10.5. The van der Waals surface area contributed by atoms with Crippen molar-refractivity contribution in [3.05, 3.63) is 22.4 Å². The lowest BCUT2D eigenvalue weighted by Gasteiger charge is -2.12. The molecule has 1 atom stereocenters. The molecule has 0 amide bonds. The second-order valence-electron chi connectivity index (χ2n) is 4.32. The Bertz CT molecular complexity index is 259. The first-order chi connectivity index (χ1) is 7.70. The highest BCUT2D eigenvalue weighted by Crippen LogP contribution is 2.17. The molecule has 0 aliphatic rings. The van der Waals surface area contributed by atoms with E-state index >= 15 is 0 Å². The van der Waals surface area contributed by atoms with Gasteiger partial charge in [-0.25, -0.2) is 0 Å². The van der Waals surface area contributed by atoms with E-state index in [1.807, 2.05) is 11.3 Å². The van der Waals surface area contributed by atoms with Crippen LogP contribution in [-0.2, 0) is 4.74 Å². The number of ether oxygens (including phenoxy) is 1. The Kier molecular flexibility index (Phi) is 6.69. The van der Waals surface area contributed by atoms with Crippen LogP contribution in [-0.4, -0.2) is 19.3 Å². The van der Waals surface area contributed by atoms with Gasteiger partial charge in [0.05, 0.1) is 6.10 Å². The predicted octanol–water partition coefficient (Wildman–Crippen LogP) is 3.60. The van der Waals surface area contributed by atoms with Crippen LogP contribution in [0.3, 0.4) is 0 Å². The molecule has 2 nitrogen and oxygen atoms in total. The zero-order valence-corrected chi connectivity index (χ0v) is 11.3. The highest BCUT2D eigenvalue weighted by Gasteiger charge is 2.04. The van der Waals surface area contributed by atoms with E-state index in [4.69, 9.17) is 4.74 Å². The molecule has 0 aliphatic carbocycles. The summed E-state index contributed by atoms with van der Waals surface area (Å²) in [6.45, 7) is 8.33. The Morgan fingerprint density at radius 1 is 1.31 bits per heavy atom. The molecule has 1 aromatic heterocycles. The van der Waals surface area contributed by atoms with Crippen LogP contribution in [0.5, 0.6) is 0 Å². The summed E-state index contributed by atoms with van der Waals surface area (Å²) >= 11 is 1.82. The molecule has 0 saturated carbocycles. The third kappa shape index (κ3) is 5.64. The lowest BCUT2D eigenvalue weighted by Crippen LogP contribution is -2.19. The van der Waals surface area contributed by atoms with Crippen molar-refractivity contribution in [3.8, 4) is 0 Å². The normalized spacial score (nSPS) is 13.2. The Morgan fingerprint density at radius 3 is 2.75 bits per heavy atom. The fourth-order valence-corrected chi connectivity index (χ4v) is 2.26. The predicted molar refractivity (Wildman–Crippen MR) is 71.1 cm³/mol. The monoisotopic (exact) mass is 241 g/mol. The van der Waals surface area contributed by atoms with Gasteiger partial charge in [-0.3, -0.25) is 0 Å². The van der Waals surface area contributed by atoms with E-state index in [0.29, 0.717) is 12.1 Å². The molecule has 1 unspecified atom stereocenters. The van der Waals surface area contributed by atoms with Crippen molar-refractivity contribution in [3.63, 3.8) is 0 Å². The summed E-state index contributed by atoms with van der Waals surface area (Å²) in [6, 6.07) is 4.77. The maximum absolute atomic E-state index is 5.50. The summed E-state index contributed by atoms with van der Waals surface area (Å²) in [6.07, 6.45) is 2.68. The number of thiophene rings is 1. The Labute approximate surface area is 103 Å². The third-order valence-electron chi connectivity index (χ3n) is 2.44. The minimum Gasteiger partial charge on any atom is -0.379 e. The van der Waals surface area contributed by atoms with Gasteiger partial charge in [0.1, 0.15) is 0 Å². The van der Waals surface area contributed by atoms with Crippen molar-refractivity contribution < 1.29 is 4.74 Å². The Balaban J connectivity index is 1.99. The van der Waals surface area contributed by atoms with Gasteiger partial charge < -0.3 is 10.1 Å². The summed E-state index contributed by atoms with van der Waals surface area (Å²) in [4.78, 5) is 1.42. The first-order valence-corrected chi connectivity index (χ1v) is 6.96. The third-order valence-corrected chi connectivity index (χ3v) is 3.50. The molecule has 1 rings (SSSR count). The molecule has 92 valence electrons. The lowest BCUT2D eigenvalue weighted by molar-refractivity contribution is 0.0759. The summed E-state index contributed by atoms with van der Waals surface area (Å²) in [5.74, 6) is 0. The van der Waals surface area contributed by atoms with Gasteiger partial charge in [-0.15, -0.1) is 11.3 Å². The molecule has 1 N–H and O–H groups in total. The summed E-state index contributed by atoms with van der Waals surface area (Å²) < 4.78 is 5.50. The summed E-state index contributed by atoms with van der Waals surface area (Å²) in [7, 11) is 0. The largest absolute Gasteiger partial charge is 0.379 e. The number of hydrogen-bond acceptors (Lipinski definition) is 3. The number of unbranched alkanes of at least 4 members (excludes halogenated alkanes) is 1. The average molecular weight is 241 g/mol. The van der Waals surface area contributed by atoms with Gasteiger partial charge in [-0.1, -0.05) is 6.07 Å². The molecule has 0 aromatic carbocycles. The van der Waals surface area contributed by atoms with E-state index in [-0.39, 0.29) is 0 Å². The van der Waals surface area contributed by atoms with Crippen LogP contribution in [0, 0.1) is 0 Å². The van der Waals surface area contributed by atoms with E-state index < -0.39 is 0 Å². The number of rotatable bonds is 8. The lowest BCUT2D eigenvalue weighted by atomic mass is 10.2. The smallest absolute Gasteiger partial charge is 0.0518 e. The fourth-order valence-electron chi connectivity index (χ4n) is 1.50. The van der Waals surface area contributed by atoms with Crippen molar-refractivity contribution >= 4 is 11.3 Å². The van der Waals surface area contributed by atoms with Crippen molar-refractivity contribution in [2.75, 3.05) is 13.2 Å². The first-order valence-electron chi connectivity index (χ1n) is 6.08. The van der Waals surface area contributed by atoms with Crippen LogP contribution in [0.25, 0.3) is 0 Å². The number of hydrogen-bond donors (Lipinski definition) is 1. The van der Waals surface area contributed by atoms with Crippen LogP contribution in [0.4, 0.5) is 0 Å². The average Bonchev–Trinajstić information content (AvgIpc) is 2.75. The molecular weight excluding hydrogens is 218 g/mol. The fraction of sp³-hybridized carbons (Fsp3) is 0.692. The first kappa shape index (κ1) is 13.7. The van der Waals surface area contributed by atoms with Gasteiger partial charge in [-0.2, -0.15) is 0 Å². The molecule has 0 radical (unpaired) electrons. The highest BCUT2D eigenvalue weighted by molar-refractivity contribution is 7.10. The van der Waals surface area contributed by atoms with Crippen LogP contribution >= 0.6 is 11.3 Å². The topological polar surface area (TPSA) is 21.3 Å². The van der Waals surface area contributed by atoms with Gasteiger partial charge in [-0.05, 0) is 51.6 Å². The molecule has 1 aromatic rings. The SMILES string of the molecule is CC(C)OCCCCNC(C)c1cccs1. The minimum absolute atomic E-state index is 0.359. The standard InChI is InChI=1S/C13H23NOS/c1-11(2)15-9-5-4-8-14-12(3)13-7-6-10-16-13/h6-7,10-12,14H,4-5,8-9H2,1-3H3. The van der Waals surface area contributed by atoms with E-state index in [1.165, 1.54) is 11.3 Å². The van der Waals surface area contributed by atoms with Crippen molar-refractivity contribution in [2.45, 2.75) is 45.8 Å². The van der Waals surface area contributed by atoms with Gasteiger partial charge >= 0.3 is 0 Å². The Hall–Kier alpha value is -0.380.